The largest absolute Gasteiger partial charge is 0.383 e. The summed E-state index contributed by atoms with van der Waals surface area (Å²) >= 11 is 0. The van der Waals surface area contributed by atoms with Crippen LogP contribution in [0.15, 0.2) is 36.9 Å². The van der Waals surface area contributed by atoms with Gasteiger partial charge in [-0.3, -0.25) is 15.1 Å². The van der Waals surface area contributed by atoms with Crippen molar-refractivity contribution in [1.82, 2.24) is 25.2 Å². The highest BCUT2D eigenvalue weighted by Gasteiger charge is 2.14. The van der Waals surface area contributed by atoms with Gasteiger partial charge in [-0.1, -0.05) is 0 Å². The fraction of sp³-hybridized carbons (Fsp3) is 0.167. The molecule has 0 aliphatic carbocycles. The Morgan fingerprint density at radius 2 is 2.19 bits per heavy atom. The predicted octanol–water partition coefficient (Wildman–Crippen LogP) is 1.24. The monoisotopic (exact) mass is 285 g/mol. The first-order valence-corrected chi connectivity index (χ1v) is 6.21. The van der Waals surface area contributed by atoms with Gasteiger partial charge in [-0.25, -0.2) is 0 Å². The van der Waals surface area contributed by atoms with Crippen LogP contribution >= 0.6 is 0 Å². The van der Waals surface area contributed by atoms with E-state index in [9.17, 15) is 10.1 Å². The van der Waals surface area contributed by atoms with Gasteiger partial charge < -0.3 is 5.32 Å². The maximum Gasteiger partial charge on any atom is 0.278 e. The summed E-state index contributed by atoms with van der Waals surface area (Å²) in [6.07, 6.45) is 4.47. The second-order valence-electron chi connectivity index (χ2n) is 4.27. The second kappa shape index (κ2) is 5.49. The fourth-order valence-electron chi connectivity index (χ4n) is 2.07. The quantitative estimate of drug-likeness (QED) is 0.554. The number of benzene rings is 1. The van der Waals surface area contributed by atoms with Crippen molar-refractivity contribution in [2.75, 3.05) is 11.9 Å². The number of rotatable bonds is 5. The Balaban J connectivity index is 1.85. The highest BCUT2D eigenvalue weighted by Crippen LogP contribution is 2.30. The molecule has 9 nitrogen and oxygen atoms in total. The molecule has 0 aliphatic heterocycles. The highest BCUT2D eigenvalue weighted by atomic mass is 16.6. The van der Waals surface area contributed by atoms with Crippen LogP contribution in [0.5, 0.6) is 0 Å². The summed E-state index contributed by atoms with van der Waals surface area (Å²) in [7, 11) is 0. The summed E-state index contributed by atoms with van der Waals surface area (Å²) in [6.45, 7) is 1.12. The van der Waals surface area contributed by atoms with Crippen LogP contribution in [0.25, 0.3) is 10.8 Å². The summed E-state index contributed by atoms with van der Waals surface area (Å²) in [5.74, 6) is 0. The van der Waals surface area contributed by atoms with Crippen LogP contribution in [0.4, 0.5) is 11.4 Å². The van der Waals surface area contributed by atoms with Crippen molar-refractivity contribution in [3.63, 3.8) is 0 Å². The molecule has 0 aliphatic rings. The Kier molecular flexibility index (Phi) is 3.37. The van der Waals surface area contributed by atoms with Gasteiger partial charge in [0.2, 0.25) is 0 Å². The average molecular weight is 285 g/mol. The maximum absolute atomic E-state index is 11.0. The van der Waals surface area contributed by atoms with Crippen LogP contribution in [0, 0.1) is 10.1 Å². The van der Waals surface area contributed by atoms with Gasteiger partial charge in [-0.15, -0.1) is 10.2 Å². The molecule has 2 aromatic heterocycles. The smallest absolute Gasteiger partial charge is 0.278 e. The molecule has 1 N–H and O–H groups in total. The molecule has 1 aromatic carbocycles. The number of anilines is 1. The van der Waals surface area contributed by atoms with Crippen LogP contribution in [-0.4, -0.2) is 36.7 Å². The summed E-state index contributed by atoms with van der Waals surface area (Å²) in [4.78, 5) is 16.0. The van der Waals surface area contributed by atoms with Crippen molar-refractivity contribution >= 4 is 22.1 Å². The zero-order valence-corrected chi connectivity index (χ0v) is 10.9. The van der Waals surface area contributed by atoms with Crippen molar-refractivity contribution in [1.29, 1.82) is 0 Å². The Hall–Kier alpha value is -3.10. The van der Waals surface area contributed by atoms with E-state index in [1.165, 1.54) is 23.4 Å². The van der Waals surface area contributed by atoms with E-state index in [2.05, 4.69) is 25.7 Å². The van der Waals surface area contributed by atoms with Crippen molar-refractivity contribution in [3.8, 4) is 0 Å². The van der Waals surface area contributed by atoms with E-state index in [-0.39, 0.29) is 5.69 Å². The first-order valence-electron chi connectivity index (χ1n) is 6.21. The van der Waals surface area contributed by atoms with Crippen molar-refractivity contribution in [3.05, 3.63) is 47.0 Å². The fourth-order valence-corrected chi connectivity index (χ4v) is 2.07. The van der Waals surface area contributed by atoms with E-state index < -0.39 is 4.92 Å². The number of nitro benzene ring substituents is 1. The van der Waals surface area contributed by atoms with Gasteiger partial charge >= 0.3 is 0 Å². The third-order valence-corrected chi connectivity index (χ3v) is 3.01. The molecule has 0 fully saturated rings. The van der Waals surface area contributed by atoms with Gasteiger partial charge in [-0.2, -0.15) is 4.80 Å². The van der Waals surface area contributed by atoms with Crippen LogP contribution in [0.3, 0.4) is 0 Å². The normalized spacial score (nSPS) is 10.7. The van der Waals surface area contributed by atoms with E-state index in [0.29, 0.717) is 18.5 Å². The number of nitrogens with zero attached hydrogens (tertiary/aromatic N) is 6. The number of tetrazole rings is 1. The Labute approximate surface area is 118 Å². The Morgan fingerprint density at radius 1 is 1.29 bits per heavy atom. The summed E-state index contributed by atoms with van der Waals surface area (Å²) in [5.41, 5.74) is 0.847. The van der Waals surface area contributed by atoms with E-state index in [1.807, 2.05) is 0 Å². The topological polar surface area (TPSA) is 112 Å². The zero-order chi connectivity index (χ0) is 14.7. The van der Waals surface area contributed by atoms with Gasteiger partial charge in [0.15, 0.2) is 6.33 Å². The van der Waals surface area contributed by atoms with Gasteiger partial charge in [0, 0.05) is 36.1 Å². The molecule has 3 aromatic rings. The molecular formula is C12H11N7O2. The number of aromatic nitrogens is 5. The molecule has 0 bridgehead atoms. The number of hydrogen-bond acceptors (Lipinski definition) is 7. The molecule has 3 rings (SSSR count). The molecule has 0 saturated carbocycles. The molecule has 9 heteroatoms. The number of non-ortho nitro benzene ring substituents is 1. The van der Waals surface area contributed by atoms with Crippen LogP contribution in [0.1, 0.15) is 0 Å². The molecule has 0 unspecified atom stereocenters. The molecule has 2 heterocycles. The minimum atomic E-state index is -0.410. The van der Waals surface area contributed by atoms with E-state index in [1.54, 1.807) is 18.3 Å². The lowest BCUT2D eigenvalue weighted by Crippen LogP contribution is -2.13. The van der Waals surface area contributed by atoms with Crippen LogP contribution < -0.4 is 5.32 Å². The third kappa shape index (κ3) is 2.61. The molecule has 0 spiro atoms. The summed E-state index contributed by atoms with van der Waals surface area (Å²) < 4.78 is 0. The third-order valence-electron chi connectivity index (χ3n) is 3.01. The number of nitro groups is 1. The van der Waals surface area contributed by atoms with Gasteiger partial charge in [0.25, 0.3) is 5.69 Å². The first-order chi connectivity index (χ1) is 10.3. The minimum Gasteiger partial charge on any atom is -0.383 e. The van der Waals surface area contributed by atoms with E-state index in [0.717, 1.165) is 11.1 Å². The zero-order valence-electron chi connectivity index (χ0n) is 10.9. The van der Waals surface area contributed by atoms with Crippen molar-refractivity contribution < 1.29 is 4.92 Å². The van der Waals surface area contributed by atoms with Crippen molar-refractivity contribution in [2.45, 2.75) is 6.54 Å². The second-order valence-corrected chi connectivity index (χ2v) is 4.27. The molecular weight excluding hydrogens is 274 g/mol. The Morgan fingerprint density at radius 3 is 2.95 bits per heavy atom. The lowest BCUT2D eigenvalue weighted by molar-refractivity contribution is -0.383. The number of nitrogens with one attached hydrogen (secondary N) is 1. The van der Waals surface area contributed by atoms with Crippen LogP contribution in [0.2, 0.25) is 0 Å². The molecule has 21 heavy (non-hydrogen) atoms. The minimum absolute atomic E-state index is 0.0431. The number of fused-ring (bicyclic) bond motifs is 1. The van der Waals surface area contributed by atoms with E-state index in [4.69, 9.17) is 0 Å². The molecule has 0 atom stereocenters. The number of hydrogen-bond donors (Lipinski definition) is 1. The SMILES string of the molecule is O=[N+]([O-])c1ccc(NCCn2ncnn2)c2ccncc12. The molecule has 0 saturated heterocycles. The Bertz CT molecular complexity index is 772. The first kappa shape index (κ1) is 12.9. The lowest BCUT2D eigenvalue weighted by Gasteiger charge is -2.09. The van der Waals surface area contributed by atoms with Gasteiger partial charge in [0.05, 0.1) is 16.9 Å². The van der Waals surface area contributed by atoms with Crippen LogP contribution in [-0.2, 0) is 6.54 Å². The molecule has 0 radical (unpaired) electrons. The van der Waals surface area contributed by atoms with Gasteiger partial charge in [0.1, 0.15) is 0 Å². The van der Waals surface area contributed by atoms with E-state index >= 15 is 0 Å². The average Bonchev–Trinajstić information content (AvgIpc) is 3.00. The molecule has 0 amide bonds. The predicted molar refractivity (Wildman–Crippen MR) is 74.7 cm³/mol. The summed E-state index contributed by atoms with van der Waals surface area (Å²) in [5, 5.41) is 26.8. The summed E-state index contributed by atoms with van der Waals surface area (Å²) in [6, 6.07) is 4.91. The van der Waals surface area contributed by atoms with Gasteiger partial charge in [-0.05, 0) is 17.3 Å². The van der Waals surface area contributed by atoms with Crippen molar-refractivity contribution in [2.24, 2.45) is 0 Å². The highest BCUT2D eigenvalue weighted by molar-refractivity contribution is 5.99. The lowest BCUT2D eigenvalue weighted by atomic mass is 10.1. The molecule has 106 valence electrons. The standard InChI is InChI=1S/C12H11N7O2/c20-19(21)12-2-1-11(9-3-4-13-7-10(9)12)14-5-6-18-16-8-15-17-18/h1-4,7-8,14H,5-6H2. The maximum atomic E-state index is 11.0. The number of pyridine rings is 1.